The molecule has 0 spiro atoms. The summed E-state index contributed by atoms with van der Waals surface area (Å²) in [6.07, 6.45) is 2.15. The summed E-state index contributed by atoms with van der Waals surface area (Å²) < 4.78 is 5.88. The summed E-state index contributed by atoms with van der Waals surface area (Å²) in [5, 5.41) is 8.97. The van der Waals surface area contributed by atoms with Crippen molar-refractivity contribution in [2.75, 3.05) is 19.7 Å². The van der Waals surface area contributed by atoms with E-state index in [1.807, 2.05) is 18.2 Å². The van der Waals surface area contributed by atoms with Crippen LogP contribution in [-0.4, -0.2) is 41.7 Å². The Morgan fingerprint density at radius 3 is 2.50 bits per heavy atom. The lowest BCUT2D eigenvalue weighted by molar-refractivity contribution is -0.138. The van der Waals surface area contributed by atoms with Gasteiger partial charge in [0, 0.05) is 19.0 Å². The number of carbonyl (C=O) groups is 1. The number of ether oxygens (including phenoxy) is 1. The van der Waals surface area contributed by atoms with E-state index in [1.54, 1.807) is 0 Å². The van der Waals surface area contributed by atoms with Crippen molar-refractivity contribution in [1.29, 1.82) is 0 Å². The Hall–Kier alpha value is -2.33. The Kier molecular flexibility index (Phi) is 6.29. The Balaban J connectivity index is 1.43. The van der Waals surface area contributed by atoms with Gasteiger partial charge in [0.2, 0.25) is 0 Å². The number of hydrogen-bond donors (Lipinski definition) is 1. The molecule has 0 amide bonds. The molecule has 4 heteroatoms. The number of benzene rings is 2. The second-order valence-electron chi connectivity index (χ2n) is 7.08. The summed E-state index contributed by atoms with van der Waals surface area (Å²) in [6, 6.07) is 19.0. The van der Waals surface area contributed by atoms with E-state index >= 15 is 0 Å². The summed E-state index contributed by atoms with van der Waals surface area (Å²) >= 11 is 0. The first-order valence-corrected chi connectivity index (χ1v) is 9.33. The van der Waals surface area contributed by atoms with E-state index in [0.29, 0.717) is 12.6 Å². The maximum absolute atomic E-state index is 10.9. The molecule has 2 aromatic rings. The van der Waals surface area contributed by atoms with Gasteiger partial charge in [-0.2, -0.15) is 0 Å². The molecule has 26 heavy (non-hydrogen) atoms. The van der Waals surface area contributed by atoms with Gasteiger partial charge in [-0.1, -0.05) is 42.5 Å². The molecule has 1 aliphatic rings. The van der Waals surface area contributed by atoms with Crippen molar-refractivity contribution >= 4 is 5.97 Å². The van der Waals surface area contributed by atoms with Gasteiger partial charge < -0.3 is 9.84 Å². The average molecular weight is 353 g/mol. The number of rotatable bonds is 8. The smallest absolute Gasteiger partial charge is 0.303 e. The first-order chi connectivity index (χ1) is 12.6. The van der Waals surface area contributed by atoms with E-state index in [2.05, 4.69) is 48.2 Å². The fourth-order valence-electron chi connectivity index (χ4n) is 3.70. The molecule has 1 N–H and O–H groups in total. The van der Waals surface area contributed by atoms with Gasteiger partial charge in [-0.15, -0.1) is 0 Å². The molecule has 0 aliphatic carbocycles. The molecule has 2 unspecified atom stereocenters. The molecule has 1 heterocycles. The van der Waals surface area contributed by atoms with E-state index in [4.69, 9.17) is 9.84 Å². The topological polar surface area (TPSA) is 49.8 Å². The summed E-state index contributed by atoms with van der Waals surface area (Å²) in [6.45, 7) is 4.54. The van der Waals surface area contributed by atoms with Gasteiger partial charge in [-0.3, -0.25) is 9.69 Å². The highest BCUT2D eigenvalue weighted by molar-refractivity contribution is 5.67. The van der Waals surface area contributed by atoms with Gasteiger partial charge in [0.1, 0.15) is 12.4 Å². The van der Waals surface area contributed by atoms with E-state index in [-0.39, 0.29) is 12.3 Å². The molecule has 2 aromatic carbocycles. The van der Waals surface area contributed by atoms with Gasteiger partial charge in [0.05, 0.1) is 0 Å². The van der Waals surface area contributed by atoms with Gasteiger partial charge in [-0.25, -0.2) is 0 Å². The second-order valence-corrected chi connectivity index (χ2v) is 7.08. The average Bonchev–Trinajstić information content (AvgIpc) is 2.97. The molecule has 0 radical (unpaired) electrons. The summed E-state index contributed by atoms with van der Waals surface area (Å²) in [5.41, 5.74) is 2.58. The van der Waals surface area contributed by atoms with Crippen molar-refractivity contribution in [3.8, 4) is 5.75 Å². The van der Waals surface area contributed by atoms with Gasteiger partial charge in [0.25, 0.3) is 0 Å². The minimum absolute atomic E-state index is 0.254. The zero-order valence-electron chi connectivity index (χ0n) is 15.3. The molecule has 1 saturated heterocycles. The fraction of sp³-hybridized carbons (Fsp3) is 0.409. The van der Waals surface area contributed by atoms with Gasteiger partial charge in [-0.05, 0) is 55.5 Å². The highest BCUT2D eigenvalue weighted by atomic mass is 16.5. The van der Waals surface area contributed by atoms with Crippen molar-refractivity contribution in [3.05, 3.63) is 65.7 Å². The van der Waals surface area contributed by atoms with Crippen LogP contribution in [0.3, 0.4) is 0 Å². The summed E-state index contributed by atoms with van der Waals surface area (Å²) in [4.78, 5) is 13.2. The Morgan fingerprint density at radius 1 is 1.12 bits per heavy atom. The SMILES string of the molecule is CC1C(CC(=O)O)CCN1CCOc1ccc(Cc2ccccc2)cc1. The lowest BCUT2D eigenvalue weighted by Gasteiger charge is -2.23. The van der Waals surface area contributed by atoms with Crippen LogP contribution in [0.1, 0.15) is 30.9 Å². The fourth-order valence-corrected chi connectivity index (χ4v) is 3.70. The standard InChI is InChI=1S/C22H27NO3/c1-17-20(16-22(24)25)11-12-23(17)13-14-26-21-9-7-19(8-10-21)15-18-5-3-2-4-6-18/h2-10,17,20H,11-16H2,1H3,(H,24,25). The molecule has 4 nitrogen and oxygen atoms in total. The highest BCUT2D eigenvalue weighted by Crippen LogP contribution is 2.26. The van der Waals surface area contributed by atoms with E-state index in [1.165, 1.54) is 11.1 Å². The van der Waals surface area contributed by atoms with Crippen LogP contribution in [0.4, 0.5) is 0 Å². The molecule has 1 aliphatic heterocycles. The Bertz CT molecular complexity index is 699. The normalized spacial score (nSPS) is 20.2. The number of likely N-dealkylation sites (tertiary alicyclic amines) is 1. The van der Waals surface area contributed by atoms with Crippen LogP contribution in [-0.2, 0) is 11.2 Å². The predicted octanol–water partition coefficient (Wildman–Crippen LogP) is 3.84. The molecular formula is C22H27NO3. The maximum atomic E-state index is 10.9. The van der Waals surface area contributed by atoms with Crippen molar-refractivity contribution in [2.24, 2.45) is 5.92 Å². The molecule has 0 bridgehead atoms. The van der Waals surface area contributed by atoms with E-state index in [0.717, 1.165) is 31.7 Å². The predicted molar refractivity (Wildman–Crippen MR) is 103 cm³/mol. The molecule has 138 valence electrons. The number of hydrogen-bond acceptors (Lipinski definition) is 3. The van der Waals surface area contributed by atoms with Crippen molar-refractivity contribution in [2.45, 2.75) is 32.2 Å². The third-order valence-corrected chi connectivity index (χ3v) is 5.30. The quantitative estimate of drug-likeness (QED) is 0.783. The molecule has 2 atom stereocenters. The lowest BCUT2D eigenvalue weighted by atomic mass is 9.98. The van der Waals surface area contributed by atoms with Crippen LogP contribution >= 0.6 is 0 Å². The second kappa shape index (κ2) is 8.86. The zero-order chi connectivity index (χ0) is 18.4. The van der Waals surface area contributed by atoms with Crippen LogP contribution in [0, 0.1) is 5.92 Å². The zero-order valence-corrected chi connectivity index (χ0v) is 15.3. The third-order valence-electron chi connectivity index (χ3n) is 5.30. The summed E-state index contributed by atoms with van der Waals surface area (Å²) in [7, 11) is 0. The van der Waals surface area contributed by atoms with Gasteiger partial charge >= 0.3 is 5.97 Å². The number of nitrogens with zero attached hydrogens (tertiary/aromatic N) is 1. The van der Waals surface area contributed by atoms with E-state index in [9.17, 15) is 4.79 Å². The van der Waals surface area contributed by atoms with Crippen molar-refractivity contribution < 1.29 is 14.6 Å². The first-order valence-electron chi connectivity index (χ1n) is 9.33. The summed E-state index contributed by atoms with van der Waals surface area (Å²) in [5.74, 6) is 0.441. The van der Waals surface area contributed by atoms with E-state index < -0.39 is 5.97 Å². The lowest BCUT2D eigenvalue weighted by Crippen LogP contribution is -2.34. The first kappa shape index (κ1) is 18.5. The largest absolute Gasteiger partial charge is 0.492 e. The van der Waals surface area contributed by atoms with Crippen LogP contribution in [0.25, 0.3) is 0 Å². The minimum atomic E-state index is -0.699. The molecule has 0 saturated carbocycles. The minimum Gasteiger partial charge on any atom is -0.492 e. The molecule has 3 rings (SSSR count). The molecule has 1 fully saturated rings. The van der Waals surface area contributed by atoms with Crippen molar-refractivity contribution in [1.82, 2.24) is 4.90 Å². The highest BCUT2D eigenvalue weighted by Gasteiger charge is 2.31. The van der Waals surface area contributed by atoms with Gasteiger partial charge in [0.15, 0.2) is 0 Å². The van der Waals surface area contributed by atoms with Crippen molar-refractivity contribution in [3.63, 3.8) is 0 Å². The Morgan fingerprint density at radius 2 is 1.81 bits per heavy atom. The van der Waals surface area contributed by atoms with Crippen LogP contribution < -0.4 is 4.74 Å². The van der Waals surface area contributed by atoms with Crippen LogP contribution in [0.2, 0.25) is 0 Å². The number of carboxylic acid groups (broad SMARTS) is 1. The number of carboxylic acids is 1. The monoisotopic (exact) mass is 353 g/mol. The molecule has 0 aromatic heterocycles. The maximum Gasteiger partial charge on any atom is 0.303 e. The van der Waals surface area contributed by atoms with Crippen LogP contribution in [0.5, 0.6) is 5.75 Å². The van der Waals surface area contributed by atoms with Crippen LogP contribution in [0.15, 0.2) is 54.6 Å². The Labute approximate surface area is 155 Å². The third kappa shape index (κ3) is 5.09. The molecular weight excluding hydrogens is 326 g/mol. The number of aliphatic carboxylic acids is 1.